The maximum Gasteiger partial charge on any atom is 0.162 e. The number of hydrogen-bond donors (Lipinski definition) is 0. The summed E-state index contributed by atoms with van der Waals surface area (Å²) in [6, 6.07) is 16.0. The van der Waals surface area contributed by atoms with E-state index in [4.69, 9.17) is 4.74 Å². The molecular weight excluding hydrogens is 260 g/mol. The summed E-state index contributed by atoms with van der Waals surface area (Å²) in [6.45, 7) is 1.88. The van der Waals surface area contributed by atoms with Crippen LogP contribution in [0.4, 0.5) is 0 Å². The molecule has 1 aliphatic rings. The van der Waals surface area contributed by atoms with Crippen molar-refractivity contribution in [2.24, 2.45) is 0 Å². The van der Waals surface area contributed by atoms with Crippen molar-refractivity contribution in [1.29, 1.82) is 0 Å². The first-order valence-corrected chi connectivity index (χ1v) is 7.65. The summed E-state index contributed by atoms with van der Waals surface area (Å²) in [7, 11) is 0. The van der Waals surface area contributed by atoms with Gasteiger partial charge in [-0.1, -0.05) is 43.3 Å². The van der Waals surface area contributed by atoms with Gasteiger partial charge in [0.1, 0.15) is 11.9 Å². The Balaban J connectivity index is 1.83. The Labute approximate surface area is 125 Å². The summed E-state index contributed by atoms with van der Waals surface area (Å²) in [5.41, 5.74) is 3.41. The van der Waals surface area contributed by atoms with E-state index in [-0.39, 0.29) is 11.9 Å². The highest BCUT2D eigenvalue weighted by molar-refractivity contribution is 5.96. The predicted molar refractivity (Wildman–Crippen MR) is 83.8 cm³/mol. The van der Waals surface area contributed by atoms with Gasteiger partial charge in [-0.2, -0.15) is 0 Å². The first kappa shape index (κ1) is 13.9. The number of Topliss-reactive ketones (excluding diaryl/α,β-unsaturated/α-hetero) is 1. The molecule has 0 saturated carbocycles. The fourth-order valence-corrected chi connectivity index (χ4v) is 2.94. The Morgan fingerprint density at radius 3 is 2.90 bits per heavy atom. The van der Waals surface area contributed by atoms with Crippen LogP contribution in [0.15, 0.2) is 48.5 Å². The van der Waals surface area contributed by atoms with Crippen LogP contribution in [-0.2, 0) is 6.42 Å². The molecule has 0 aliphatic heterocycles. The molecule has 21 heavy (non-hydrogen) atoms. The molecule has 0 N–H and O–H groups in total. The second kappa shape index (κ2) is 6.13. The molecule has 0 aromatic heterocycles. The highest BCUT2D eigenvalue weighted by atomic mass is 16.5. The van der Waals surface area contributed by atoms with Crippen molar-refractivity contribution in [2.45, 2.75) is 38.7 Å². The van der Waals surface area contributed by atoms with Crippen LogP contribution < -0.4 is 4.74 Å². The van der Waals surface area contributed by atoms with Crippen LogP contribution in [0.25, 0.3) is 0 Å². The van der Waals surface area contributed by atoms with Crippen molar-refractivity contribution < 1.29 is 9.53 Å². The van der Waals surface area contributed by atoms with E-state index in [1.54, 1.807) is 0 Å². The molecule has 3 rings (SSSR count). The summed E-state index contributed by atoms with van der Waals surface area (Å²) in [5.74, 6) is 0.945. The first-order valence-electron chi connectivity index (χ1n) is 7.65. The molecular formula is C19H20O2. The SMILES string of the molecule is CCC(=O)c1cccc(OC2CCCc3ccccc32)c1. The third-order valence-electron chi connectivity index (χ3n) is 4.07. The maximum absolute atomic E-state index is 11.8. The zero-order valence-corrected chi connectivity index (χ0v) is 12.3. The average Bonchev–Trinajstić information content (AvgIpc) is 2.55. The van der Waals surface area contributed by atoms with E-state index in [0.717, 1.165) is 30.6 Å². The lowest BCUT2D eigenvalue weighted by Crippen LogP contribution is -2.15. The van der Waals surface area contributed by atoms with E-state index in [1.807, 2.05) is 31.2 Å². The van der Waals surface area contributed by atoms with Crippen molar-refractivity contribution >= 4 is 5.78 Å². The molecule has 0 bridgehead atoms. The van der Waals surface area contributed by atoms with E-state index in [1.165, 1.54) is 11.1 Å². The van der Waals surface area contributed by atoms with Crippen LogP contribution in [0, 0.1) is 0 Å². The minimum atomic E-state index is 0.0990. The van der Waals surface area contributed by atoms with Crippen molar-refractivity contribution in [3.8, 4) is 5.75 Å². The molecule has 0 radical (unpaired) electrons. The zero-order valence-electron chi connectivity index (χ0n) is 12.3. The van der Waals surface area contributed by atoms with E-state index in [0.29, 0.717) is 6.42 Å². The van der Waals surface area contributed by atoms with E-state index in [9.17, 15) is 4.79 Å². The first-order chi connectivity index (χ1) is 10.3. The second-order valence-electron chi connectivity index (χ2n) is 5.50. The third-order valence-corrected chi connectivity index (χ3v) is 4.07. The minimum Gasteiger partial charge on any atom is -0.486 e. The summed E-state index contributed by atoms with van der Waals surface area (Å²) >= 11 is 0. The Kier molecular flexibility index (Phi) is 4.05. The lowest BCUT2D eigenvalue weighted by atomic mass is 9.89. The van der Waals surface area contributed by atoms with Gasteiger partial charge in [-0.15, -0.1) is 0 Å². The Morgan fingerprint density at radius 2 is 2.05 bits per heavy atom. The number of carbonyl (C=O) groups excluding carboxylic acids is 1. The average molecular weight is 280 g/mol. The van der Waals surface area contributed by atoms with E-state index >= 15 is 0 Å². The zero-order chi connectivity index (χ0) is 14.7. The number of ketones is 1. The molecule has 1 atom stereocenters. The number of carbonyl (C=O) groups is 1. The number of fused-ring (bicyclic) bond motifs is 1. The smallest absolute Gasteiger partial charge is 0.162 e. The van der Waals surface area contributed by atoms with Crippen molar-refractivity contribution in [1.82, 2.24) is 0 Å². The number of aryl methyl sites for hydroxylation is 1. The molecule has 1 unspecified atom stereocenters. The van der Waals surface area contributed by atoms with E-state index in [2.05, 4.69) is 24.3 Å². The topological polar surface area (TPSA) is 26.3 Å². The normalized spacial score (nSPS) is 17.1. The number of rotatable bonds is 4. The van der Waals surface area contributed by atoms with Crippen molar-refractivity contribution in [3.05, 3.63) is 65.2 Å². The van der Waals surface area contributed by atoms with Gasteiger partial charge in [0.05, 0.1) is 0 Å². The Bertz CT molecular complexity index is 646. The van der Waals surface area contributed by atoms with Crippen molar-refractivity contribution in [3.63, 3.8) is 0 Å². The number of hydrogen-bond acceptors (Lipinski definition) is 2. The number of ether oxygens (including phenoxy) is 1. The summed E-state index contributed by atoms with van der Waals surface area (Å²) in [6.07, 6.45) is 3.93. The highest BCUT2D eigenvalue weighted by Gasteiger charge is 2.21. The standard InChI is InChI=1S/C19H20O2/c1-2-18(20)15-9-5-10-16(13-15)21-19-12-6-8-14-7-3-4-11-17(14)19/h3-5,7,9-11,13,19H,2,6,8,12H2,1H3. The maximum atomic E-state index is 11.8. The molecule has 0 amide bonds. The fraction of sp³-hybridized carbons (Fsp3) is 0.316. The summed E-state index contributed by atoms with van der Waals surface area (Å²) < 4.78 is 6.16. The lowest BCUT2D eigenvalue weighted by molar-refractivity contribution is 0.0987. The van der Waals surface area contributed by atoms with Crippen LogP contribution in [-0.4, -0.2) is 5.78 Å². The van der Waals surface area contributed by atoms with Gasteiger partial charge >= 0.3 is 0 Å². The van der Waals surface area contributed by atoms with Gasteiger partial charge in [-0.05, 0) is 42.5 Å². The largest absolute Gasteiger partial charge is 0.486 e. The van der Waals surface area contributed by atoms with Gasteiger partial charge < -0.3 is 4.74 Å². The third kappa shape index (κ3) is 2.99. The fourth-order valence-electron chi connectivity index (χ4n) is 2.94. The van der Waals surface area contributed by atoms with E-state index < -0.39 is 0 Å². The molecule has 0 spiro atoms. The molecule has 1 aliphatic carbocycles. The molecule has 2 heteroatoms. The molecule has 2 nitrogen and oxygen atoms in total. The molecule has 0 fully saturated rings. The van der Waals surface area contributed by atoms with Crippen LogP contribution in [0.2, 0.25) is 0 Å². The van der Waals surface area contributed by atoms with Gasteiger partial charge in [0.15, 0.2) is 5.78 Å². The Hall–Kier alpha value is -2.09. The van der Waals surface area contributed by atoms with Crippen LogP contribution in [0.3, 0.4) is 0 Å². The Morgan fingerprint density at radius 1 is 1.19 bits per heavy atom. The van der Waals surface area contributed by atoms with Crippen LogP contribution in [0.1, 0.15) is 53.8 Å². The minimum absolute atomic E-state index is 0.0990. The van der Waals surface area contributed by atoms with Crippen LogP contribution >= 0.6 is 0 Å². The second-order valence-corrected chi connectivity index (χ2v) is 5.50. The van der Waals surface area contributed by atoms with Gasteiger partial charge in [-0.25, -0.2) is 0 Å². The quantitative estimate of drug-likeness (QED) is 0.756. The summed E-state index contributed by atoms with van der Waals surface area (Å²) in [5, 5.41) is 0. The number of benzene rings is 2. The lowest BCUT2D eigenvalue weighted by Gasteiger charge is -2.26. The molecule has 2 aromatic rings. The van der Waals surface area contributed by atoms with Gasteiger partial charge in [0.25, 0.3) is 0 Å². The molecule has 0 heterocycles. The molecule has 0 saturated heterocycles. The highest BCUT2D eigenvalue weighted by Crippen LogP contribution is 2.33. The van der Waals surface area contributed by atoms with Crippen LogP contribution in [0.5, 0.6) is 5.75 Å². The van der Waals surface area contributed by atoms with Gasteiger partial charge in [0.2, 0.25) is 0 Å². The molecule has 2 aromatic carbocycles. The predicted octanol–water partition coefficient (Wildman–Crippen LogP) is 4.74. The van der Waals surface area contributed by atoms with Gasteiger partial charge in [-0.3, -0.25) is 4.79 Å². The monoisotopic (exact) mass is 280 g/mol. The van der Waals surface area contributed by atoms with Gasteiger partial charge in [0, 0.05) is 12.0 Å². The van der Waals surface area contributed by atoms with Crippen molar-refractivity contribution in [2.75, 3.05) is 0 Å². The summed E-state index contributed by atoms with van der Waals surface area (Å²) in [4.78, 5) is 11.8. The molecule has 108 valence electrons.